The maximum atomic E-state index is 5.75. The van der Waals surface area contributed by atoms with Crippen molar-refractivity contribution in [1.82, 2.24) is 9.97 Å². The van der Waals surface area contributed by atoms with Crippen LogP contribution in [0.15, 0.2) is 30.6 Å². The van der Waals surface area contributed by atoms with Crippen LogP contribution in [0.1, 0.15) is 0 Å². The first-order chi connectivity index (χ1) is 7.81. The molecule has 0 bridgehead atoms. The molecule has 5 nitrogen and oxygen atoms in total. The third kappa shape index (κ3) is 2.03. The van der Waals surface area contributed by atoms with E-state index in [0.717, 1.165) is 0 Å². The number of nitrogens with zero attached hydrogens (tertiary/aromatic N) is 2. The van der Waals surface area contributed by atoms with Gasteiger partial charge in [0.2, 0.25) is 11.8 Å². The Morgan fingerprint density at radius 2 is 2.06 bits per heavy atom. The largest absolute Gasteiger partial charge is 0.479 e. The van der Waals surface area contributed by atoms with Crippen molar-refractivity contribution >= 4 is 5.69 Å². The highest BCUT2D eigenvalue weighted by atomic mass is 16.5. The standard InChI is InChI=1S/C11H10N3O2/c1-15-10-9(12)11(14-7-13-10)16-8-5-3-2-4-6-8/h2-5,7H,12H2,1H3. The van der Waals surface area contributed by atoms with E-state index in [9.17, 15) is 0 Å². The molecule has 0 saturated carbocycles. The molecule has 0 saturated heterocycles. The van der Waals surface area contributed by atoms with E-state index >= 15 is 0 Å². The molecule has 1 radical (unpaired) electrons. The fourth-order valence-corrected chi connectivity index (χ4v) is 1.15. The number of nitrogen functional groups attached to an aromatic ring is 1. The summed E-state index contributed by atoms with van der Waals surface area (Å²) in [6.45, 7) is 0. The molecule has 1 aromatic heterocycles. The topological polar surface area (TPSA) is 70.3 Å². The number of methoxy groups -OCH3 is 1. The van der Waals surface area contributed by atoms with Gasteiger partial charge in [-0.25, -0.2) is 0 Å². The van der Waals surface area contributed by atoms with Gasteiger partial charge >= 0.3 is 0 Å². The molecule has 0 aliphatic rings. The van der Waals surface area contributed by atoms with E-state index in [-0.39, 0.29) is 11.6 Å². The normalized spacial score (nSPS) is 9.81. The van der Waals surface area contributed by atoms with Crippen molar-refractivity contribution < 1.29 is 9.47 Å². The van der Waals surface area contributed by atoms with E-state index < -0.39 is 0 Å². The highest BCUT2D eigenvalue weighted by Crippen LogP contribution is 2.29. The molecule has 1 aromatic carbocycles. The van der Waals surface area contributed by atoms with Crippen LogP contribution in [0.5, 0.6) is 17.5 Å². The maximum Gasteiger partial charge on any atom is 0.249 e. The molecule has 0 fully saturated rings. The van der Waals surface area contributed by atoms with Gasteiger partial charge in [-0.05, 0) is 6.07 Å². The van der Waals surface area contributed by atoms with Crippen LogP contribution in [-0.4, -0.2) is 17.1 Å². The summed E-state index contributed by atoms with van der Waals surface area (Å²) in [6, 6.07) is 10.1. The van der Waals surface area contributed by atoms with Crippen molar-refractivity contribution in [3.63, 3.8) is 0 Å². The Labute approximate surface area is 92.9 Å². The Kier molecular flexibility index (Phi) is 2.86. The SMILES string of the molecule is COc1ncnc(Oc2[c]cccc2)c1N. The van der Waals surface area contributed by atoms with Crippen molar-refractivity contribution in [3.8, 4) is 17.5 Å². The van der Waals surface area contributed by atoms with Crippen LogP contribution < -0.4 is 15.2 Å². The molecule has 2 aromatic rings. The molecular formula is C11H10N3O2. The average Bonchev–Trinajstić information content (AvgIpc) is 2.33. The Balaban J connectivity index is 2.28. The number of ether oxygens (including phenoxy) is 2. The summed E-state index contributed by atoms with van der Waals surface area (Å²) in [4.78, 5) is 7.77. The first-order valence-corrected chi connectivity index (χ1v) is 4.60. The smallest absolute Gasteiger partial charge is 0.249 e. The lowest BCUT2D eigenvalue weighted by molar-refractivity contribution is 0.391. The predicted octanol–water partition coefficient (Wildman–Crippen LogP) is 1.66. The zero-order valence-electron chi connectivity index (χ0n) is 8.68. The Morgan fingerprint density at radius 3 is 2.75 bits per heavy atom. The first kappa shape index (κ1) is 10.2. The highest BCUT2D eigenvalue weighted by molar-refractivity contribution is 5.56. The lowest BCUT2D eigenvalue weighted by Crippen LogP contribution is -2.00. The summed E-state index contributed by atoms with van der Waals surface area (Å²) in [5.41, 5.74) is 6.02. The fourth-order valence-electron chi connectivity index (χ4n) is 1.15. The average molecular weight is 216 g/mol. The molecule has 0 amide bonds. The molecule has 16 heavy (non-hydrogen) atoms. The number of nitrogens with two attached hydrogens (primary N) is 1. The minimum Gasteiger partial charge on any atom is -0.479 e. The number of rotatable bonds is 3. The summed E-state index contributed by atoms with van der Waals surface area (Å²) >= 11 is 0. The van der Waals surface area contributed by atoms with Crippen molar-refractivity contribution in [2.75, 3.05) is 12.8 Å². The number of hydrogen-bond donors (Lipinski definition) is 1. The van der Waals surface area contributed by atoms with Crippen LogP contribution in [0.3, 0.4) is 0 Å². The third-order valence-corrected chi connectivity index (χ3v) is 1.89. The van der Waals surface area contributed by atoms with Gasteiger partial charge in [0.15, 0.2) is 5.69 Å². The van der Waals surface area contributed by atoms with Crippen LogP contribution in [0.4, 0.5) is 5.69 Å². The summed E-state index contributed by atoms with van der Waals surface area (Å²) in [5, 5.41) is 0. The highest BCUT2D eigenvalue weighted by Gasteiger charge is 2.09. The molecule has 2 rings (SSSR count). The molecule has 0 aliphatic heterocycles. The van der Waals surface area contributed by atoms with E-state index in [2.05, 4.69) is 16.0 Å². The molecule has 81 valence electrons. The lowest BCUT2D eigenvalue weighted by atomic mass is 10.3. The molecule has 0 aliphatic carbocycles. The minimum absolute atomic E-state index is 0.259. The van der Waals surface area contributed by atoms with Gasteiger partial charge in [0, 0.05) is 6.07 Å². The number of aromatic nitrogens is 2. The Bertz CT molecular complexity index is 474. The number of hydrogen-bond acceptors (Lipinski definition) is 5. The summed E-state index contributed by atoms with van der Waals surface area (Å²) in [6.07, 6.45) is 1.33. The second-order valence-corrected chi connectivity index (χ2v) is 2.93. The van der Waals surface area contributed by atoms with E-state index in [4.69, 9.17) is 15.2 Å². The van der Waals surface area contributed by atoms with Gasteiger partial charge in [-0.3, -0.25) is 0 Å². The monoisotopic (exact) mass is 216 g/mol. The van der Waals surface area contributed by atoms with Crippen molar-refractivity contribution in [2.45, 2.75) is 0 Å². The predicted molar refractivity (Wildman–Crippen MR) is 58.3 cm³/mol. The van der Waals surface area contributed by atoms with Crippen molar-refractivity contribution in [2.24, 2.45) is 0 Å². The minimum atomic E-state index is 0.259. The van der Waals surface area contributed by atoms with Gasteiger partial charge in [-0.2, -0.15) is 9.97 Å². The molecule has 2 N–H and O–H groups in total. The summed E-state index contributed by atoms with van der Waals surface area (Å²) in [5.74, 6) is 1.09. The molecular weight excluding hydrogens is 206 g/mol. The van der Waals surface area contributed by atoms with E-state index in [1.165, 1.54) is 13.4 Å². The van der Waals surface area contributed by atoms with Gasteiger partial charge in [-0.15, -0.1) is 0 Å². The summed E-state index contributed by atoms with van der Waals surface area (Å²) in [7, 11) is 1.48. The van der Waals surface area contributed by atoms with Gasteiger partial charge in [-0.1, -0.05) is 18.2 Å². The van der Waals surface area contributed by atoms with E-state index in [0.29, 0.717) is 11.6 Å². The Hall–Kier alpha value is -2.30. The van der Waals surface area contributed by atoms with Crippen LogP contribution in [0.2, 0.25) is 0 Å². The zero-order chi connectivity index (χ0) is 11.4. The number of para-hydroxylation sites is 1. The lowest BCUT2D eigenvalue weighted by Gasteiger charge is -2.08. The molecule has 0 spiro atoms. The number of anilines is 1. The van der Waals surface area contributed by atoms with Gasteiger partial charge in [0.05, 0.1) is 7.11 Å². The van der Waals surface area contributed by atoms with Gasteiger partial charge in [0.25, 0.3) is 0 Å². The second kappa shape index (κ2) is 4.48. The first-order valence-electron chi connectivity index (χ1n) is 4.60. The fraction of sp³-hybridized carbons (Fsp3) is 0.0909. The quantitative estimate of drug-likeness (QED) is 0.844. The Morgan fingerprint density at radius 1 is 1.25 bits per heavy atom. The van der Waals surface area contributed by atoms with Gasteiger partial charge < -0.3 is 15.2 Å². The van der Waals surface area contributed by atoms with Crippen LogP contribution in [-0.2, 0) is 0 Å². The van der Waals surface area contributed by atoms with Crippen LogP contribution in [0, 0.1) is 6.07 Å². The van der Waals surface area contributed by atoms with Crippen molar-refractivity contribution in [1.29, 1.82) is 0 Å². The summed E-state index contributed by atoms with van der Waals surface area (Å²) < 4.78 is 10.4. The molecule has 0 unspecified atom stereocenters. The second-order valence-electron chi connectivity index (χ2n) is 2.93. The molecule has 1 heterocycles. The van der Waals surface area contributed by atoms with Gasteiger partial charge in [0.1, 0.15) is 12.1 Å². The number of benzene rings is 1. The van der Waals surface area contributed by atoms with Crippen molar-refractivity contribution in [3.05, 3.63) is 36.7 Å². The van der Waals surface area contributed by atoms with Crippen LogP contribution >= 0.6 is 0 Å². The maximum absolute atomic E-state index is 5.75. The zero-order valence-corrected chi connectivity index (χ0v) is 8.68. The third-order valence-electron chi connectivity index (χ3n) is 1.89. The van der Waals surface area contributed by atoms with E-state index in [1.54, 1.807) is 12.1 Å². The molecule has 5 heteroatoms. The van der Waals surface area contributed by atoms with Crippen LogP contribution in [0.25, 0.3) is 0 Å². The molecule has 0 atom stereocenters. The van der Waals surface area contributed by atoms with E-state index in [1.807, 2.05) is 12.1 Å².